The molecule has 0 radical (unpaired) electrons. The molecule has 262 valence electrons. The third kappa shape index (κ3) is 5.31. The van der Waals surface area contributed by atoms with Crippen molar-refractivity contribution in [1.29, 1.82) is 0 Å². The second-order valence-corrected chi connectivity index (χ2v) is 14.2. The summed E-state index contributed by atoms with van der Waals surface area (Å²) in [4.78, 5) is 13.0. The van der Waals surface area contributed by atoms with Crippen molar-refractivity contribution >= 4 is 71.4 Å². The van der Waals surface area contributed by atoms with Crippen molar-refractivity contribution in [3.05, 3.63) is 200 Å². The van der Waals surface area contributed by atoms with E-state index in [0.717, 1.165) is 77.7 Å². The fourth-order valence-electron chi connectivity index (χ4n) is 8.24. The van der Waals surface area contributed by atoms with E-state index in [1.165, 1.54) is 21.7 Å². The first-order valence-corrected chi connectivity index (χ1v) is 18.9. The highest BCUT2D eigenvalue weighted by Gasteiger charge is 2.23. The molecule has 0 saturated carbocycles. The summed E-state index contributed by atoms with van der Waals surface area (Å²) in [6, 6.07) is 70.3. The minimum absolute atomic E-state index is 0.642. The van der Waals surface area contributed by atoms with E-state index >= 15 is 0 Å². The van der Waals surface area contributed by atoms with E-state index in [-0.39, 0.29) is 0 Å². The second-order valence-electron chi connectivity index (χ2n) is 14.2. The van der Waals surface area contributed by atoms with Crippen LogP contribution in [0.25, 0.3) is 88.2 Å². The molecule has 9 aromatic carbocycles. The van der Waals surface area contributed by atoms with Gasteiger partial charge in [-0.1, -0.05) is 158 Å². The van der Waals surface area contributed by atoms with Crippen LogP contribution >= 0.6 is 0 Å². The van der Waals surface area contributed by atoms with Gasteiger partial charge >= 0.3 is 0 Å². The van der Waals surface area contributed by atoms with Gasteiger partial charge in [0.05, 0.1) is 22.6 Å². The number of para-hydroxylation sites is 2. The van der Waals surface area contributed by atoms with Gasteiger partial charge in [0.1, 0.15) is 11.2 Å². The molecule has 56 heavy (non-hydrogen) atoms. The number of anilines is 3. The average molecular weight is 716 g/mol. The molecule has 4 nitrogen and oxygen atoms in total. The normalized spacial score (nSPS) is 11.6. The first-order chi connectivity index (χ1) is 27.8. The number of fused-ring (bicyclic) bond motifs is 7. The molecule has 0 aliphatic carbocycles. The first kappa shape index (κ1) is 31.9. The van der Waals surface area contributed by atoms with Crippen LogP contribution in [0.15, 0.2) is 205 Å². The monoisotopic (exact) mass is 715 g/mol. The van der Waals surface area contributed by atoms with Crippen molar-refractivity contribution in [2.45, 2.75) is 0 Å². The fraction of sp³-hybridized carbons (Fsp3) is 0. The van der Waals surface area contributed by atoms with E-state index in [4.69, 9.17) is 14.4 Å². The molecule has 2 aromatic heterocycles. The van der Waals surface area contributed by atoms with E-state index in [1.807, 2.05) is 24.3 Å². The summed E-state index contributed by atoms with van der Waals surface area (Å²) < 4.78 is 6.73. The highest BCUT2D eigenvalue weighted by Crippen LogP contribution is 2.46. The van der Waals surface area contributed by atoms with Gasteiger partial charge in [-0.05, 0) is 63.7 Å². The smallest absolute Gasteiger partial charge is 0.161 e. The van der Waals surface area contributed by atoms with E-state index in [1.54, 1.807) is 0 Å². The van der Waals surface area contributed by atoms with Crippen LogP contribution in [0.2, 0.25) is 0 Å². The molecule has 0 spiro atoms. The highest BCUT2D eigenvalue weighted by atomic mass is 16.3. The third-order valence-electron chi connectivity index (χ3n) is 10.8. The number of furan rings is 1. The van der Waals surface area contributed by atoms with Gasteiger partial charge in [0.2, 0.25) is 0 Å². The zero-order valence-electron chi connectivity index (χ0n) is 30.3. The Morgan fingerprint density at radius 3 is 1.79 bits per heavy atom. The van der Waals surface area contributed by atoms with Crippen LogP contribution in [0.4, 0.5) is 17.1 Å². The minimum Gasteiger partial charge on any atom is -0.456 e. The van der Waals surface area contributed by atoms with Crippen molar-refractivity contribution < 1.29 is 4.42 Å². The fourth-order valence-corrected chi connectivity index (χ4v) is 8.24. The molecule has 0 N–H and O–H groups in total. The zero-order chi connectivity index (χ0) is 37.0. The van der Waals surface area contributed by atoms with Crippen molar-refractivity contribution in [2.24, 2.45) is 0 Å². The highest BCUT2D eigenvalue weighted by molar-refractivity contribution is 6.17. The summed E-state index contributed by atoms with van der Waals surface area (Å²) in [5.41, 5.74) is 10.7. The molecule has 0 unspecified atom stereocenters. The van der Waals surface area contributed by atoms with Crippen LogP contribution in [0.3, 0.4) is 0 Å². The van der Waals surface area contributed by atoms with Crippen LogP contribution < -0.4 is 4.90 Å². The SMILES string of the molecule is c1ccc(-c2ccc(N(c3cc(-c4nc(-c5ccccc5)c5ccccc5n4)c4c(c3)oc3ccccc34)c3cc4ccccc4c4ccccc34)cc2)cc1. The van der Waals surface area contributed by atoms with Crippen molar-refractivity contribution in [1.82, 2.24) is 9.97 Å². The Balaban J connectivity index is 1.22. The van der Waals surface area contributed by atoms with Crippen LogP contribution in [-0.2, 0) is 0 Å². The summed E-state index contributed by atoms with van der Waals surface area (Å²) in [6.45, 7) is 0. The van der Waals surface area contributed by atoms with E-state index in [0.29, 0.717) is 5.82 Å². The van der Waals surface area contributed by atoms with Gasteiger partial charge in [-0.15, -0.1) is 0 Å². The number of hydrogen-bond acceptors (Lipinski definition) is 4. The minimum atomic E-state index is 0.642. The van der Waals surface area contributed by atoms with Crippen LogP contribution in [0.1, 0.15) is 0 Å². The lowest BCUT2D eigenvalue weighted by Gasteiger charge is -2.28. The summed E-state index contributed by atoms with van der Waals surface area (Å²) in [7, 11) is 0. The molecule has 0 aliphatic heterocycles. The molecular formula is C52H33N3O. The van der Waals surface area contributed by atoms with Crippen molar-refractivity contribution in [2.75, 3.05) is 4.90 Å². The lowest BCUT2D eigenvalue weighted by Crippen LogP contribution is -2.11. The maximum absolute atomic E-state index is 6.73. The quantitative estimate of drug-likeness (QED) is 0.161. The Morgan fingerprint density at radius 2 is 1.00 bits per heavy atom. The molecule has 0 amide bonds. The lowest BCUT2D eigenvalue weighted by molar-refractivity contribution is 0.669. The number of hydrogen-bond donors (Lipinski definition) is 0. The maximum Gasteiger partial charge on any atom is 0.161 e. The first-order valence-electron chi connectivity index (χ1n) is 18.9. The van der Waals surface area contributed by atoms with E-state index in [9.17, 15) is 0 Å². The predicted octanol–water partition coefficient (Wildman–Crippen LogP) is 14.3. The van der Waals surface area contributed by atoms with Crippen molar-refractivity contribution in [3.8, 4) is 33.8 Å². The van der Waals surface area contributed by atoms with Crippen LogP contribution in [-0.4, -0.2) is 9.97 Å². The molecule has 11 rings (SSSR count). The molecular weight excluding hydrogens is 683 g/mol. The van der Waals surface area contributed by atoms with Crippen LogP contribution in [0, 0.1) is 0 Å². The van der Waals surface area contributed by atoms with Gasteiger partial charge in [0.15, 0.2) is 5.82 Å². The van der Waals surface area contributed by atoms with Crippen LogP contribution in [0.5, 0.6) is 0 Å². The van der Waals surface area contributed by atoms with Gasteiger partial charge in [-0.3, -0.25) is 0 Å². The van der Waals surface area contributed by atoms with Gasteiger partial charge in [-0.2, -0.15) is 0 Å². The van der Waals surface area contributed by atoms with E-state index in [2.05, 4.69) is 181 Å². The van der Waals surface area contributed by atoms with E-state index < -0.39 is 0 Å². The summed E-state index contributed by atoms with van der Waals surface area (Å²) in [6.07, 6.45) is 0. The molecule has 0 bridgehead atoms. The van der Waals surface area contributed by atoms with Gasteiger partial charge < -0.3 is 9.32 Å². The molecule has 4 heteroatoms. The Kier molecular flexibility index (Phi) is 7.46. The standard InChI is InChI=1S/C52H33N3O/c1-3-15-34(16-4-1)35-27-29-38(30-28-35)55(47-31-37-19-7-8-20-40(37)41-21-9-10-22-42(41)47)39-32-45(50-44-24-12-14-26-48(44)56-49(50)33-39)52-53-46-25-13-11-23-43(46)51(54-52)36-17-5-2-6-18-36/h1-33H. The molecule has 0 fully saturated rings. The maximum atomic E-state index is 6.73. The van der Waals surface area contributed by atoms with Crippen molar-refractivity contribution in [3.63, 3.8) is 0 Å². The number of benzene rings is 9. The largest absolute Gasteiger partial charge is 0.456 e. The molecule has 0 atom stereocenters. The molecule has 0 saturated heterocycles. The van der Waals surface area contributed by atoms with Gasteiger partial charge in [0.25, 0.3) is 0 Å². The lowest BCUT2D eigenvalue weighted by atomic mass is 9.98. The molecule has 0 aliphatic rings. The zero-order valence-corrected chi connectivity index (χ0v) is 30.3. The predicted molar refractivity (Wildman–Crippen MR) is 233 cm³/mol. The second kappa shape index (κ2) is 13.1. The Hall–Kier alpha value is -7.56. The summed E-state index contributed by atoms with van der Waals surface area (Å²) in [5, 5.41) is 7.76. The summed E-state index contributed by atoms with van der Waals surface area (Å²) >= 11 is 0. The topological polar surface area (TPSA) is 42.2 Å². The average Bonchev–Trinajstić information content (AvgIpc) is 3.65. The number of rotatable bonds is 6. The molecule has 2 heterocycles. The molecule has 11 aromatic rings. The Labute approximate surface area is 323 Å². The Bertz CT molecular complexity index is 3240. The van der Waals surface area contributed by atoms with Gasteiger partial charge in [-0.25, -0.2) is 9.97 Å². The Morgan fingerprint density at radius 1 is 0.393 bits per heavy atom. The summed E-state index contributed by atoms with van der Waals surface area (Å²) in [5.74, 6) is 0.642. The third-order valence-corrected chi connectivity index (χ3v) is 10.8. The number of aromatic nitrogens is 2. The van der Waals surface area contributed by atoms with Gasteiger partial charge in [0, 0.05) is 44.4 Å². The number of nitrogens with zero attached hydrogens (tertiary/aromatic N) is 3.